The largest absolute Gasteiger partial charge is 0.480 e. The zero-order valence-corrected chi connectivity index (χ0v) is 12.8. The Morgan fingerprint density at radius 2 is 2.15 bits per heavy atom. The minimum atomic E-state index is -0.868. The van der Waals surface area contributed by atoms with Gasteiger partial charge in [0.15, 0.2) is 0 Å². The topological polar surface area (TPSA) is 83.6 Å². The van der Waals surface area contributed by atoms with Crippen LogP contribution in [-0.2, 0) is 4.79 Å². The summed E-state index contributed by atoms with van der Waals surface area (Å²) in [6.45, 7) is 2.53. The van der Waals surface area contributed by atoms with Crippen LogP contribution in [0.15, 0.2) is 22.7 Å². The molecule has 3 N–H and O–H groups in total. The lowest BCUT2D eigenvalue weighted by Gasteiger charge is -2.39. The molecule has 1 fully saturated rings. The maximum Gasteiger partial charge on any atom is 0.326 e. The fraction of sp³-hybridized carbons (Fsp3) is 0.429. The van der Waals surface area contributed by atoms with Crippen molar-refractivity contribution in [1.29, 1.82) is 0 Å². The molecule has 1 aromatic carbocycles. The molecule has 0 radical (unpaired) electrons. The number of primary amides is 1. The van der Waals surface area contributed by atoms with Crippen molar-refractivity contribution in [3.63, 3.8) is 0 Å². The van der Waals surface area contributed by atoms with Gasteiger partial charge in [0, 0.05) is 11.0 Å². The number of aliphatic carboxylic acids is 1. The molecule has 0 bridgehead atoms. The number of carbonyl (C=O) groups is 2. The molecule has 1 amide bonds. The first-order chi connectivity index (χ1) is 9.41. The van der Waals surface area contributed by atoms with Gasteiger partial charge < -0.3 is 15.7 Å². The van der Waals surface area contributed by atoms with Gasteiger partial charge in [-0.3, -0.25) is 4.79 Å². The number of rotatable bonds is 3. The summed E-state index contributed by atoms with van der Waals surface area (Å²) in [6, 6.07) is 4.48. The van der Waals surface area contributed by atoms with Gasteiger partial charge in [-0.25, -0.2) is 4.79 Å². The van der Waals surface area contributed by atoms with Gasteiger partial charge in [0.05, 0.1) is 11.3 Å². The molecule has 108 valence electrons. The summed E-state index contributed by atoms with van der Waals surface area (Å²) in [6.07, 6.45) is 1.77. The van der Waals surface area contributed by atoms with E-state index >= 15 is 0 Å². The molecule has 0 saturated carbocycles. The Hall–Kier alpha value is -1.56. The highest BCUT2D eigenvalue weighted by molar-refractivity contribution is 9.10. The number of nitrogens with zero attached hydrogens (tertiary/aromatic N) is 1. The van der Waals surface area contributed by atoms with Gasteiger partial charge in [-0.15, -0.1) is 0 Å². The normalized spacial score (nSPS) is 22.6. The molecule has 1 heterocycles. The van der Waals surface area contributed by atoms with Crippen molar-refractivity contribution in [2.24, 2.45) is 11.7 Å². The van der Waals surface area contributed by atoms with Gasteiger partial charge in [-0.2, -0.15) is 0 Å². The van der Waals surface area contributed by atoms with E-state index in [0.717, 1.165) is 17.3 Å². The highest BCUT2D eigenvalue weighted by atomic mass is 79.9. The smallest absolute Gasteiger partial charge is 0.326 e. The third-order valence-corrected chi connectivity index (χ3v) is 4.21. The zero-order valence-electron chi connectivity index (χ0n) is 11.2. The Morgan fingerprint density at radius 1 is 1.45 bits per heavy atom. The molecule has 0 spiro atoms. The van der Waals surface area contributed by atoms with Crippen molar-refractivity contribution in [3.05, 3.63) is 28.2 Å². The van der Waals surface area contributed by atoms with Gasteiger partial charge in [-0.05, 0) is 37.0 Å². The van der Waals surface area contributed by atoms with Crippen LogP contribution in [0.25, 0.3) is 0 Å². The number of halogens is 1. The Bertz CT molecular complexity index is 547. The quantitative estimate of drug-likeness (QED) is 0.883. The summed E-state index contributed by atoms with van der Waals surface area (Å²) < 4.78 is 0.792. The fourth-order valence-corrected chi connectivity index (χ4v) is 3.13. The van der Waals surface area contributed by atoms with Crippen molar-refractivity contribution in [2.75, 3.05) is 11.4 Å². The summed E-state index contributed by atoms with van der Waals surface area (Å²) in [5, 5.41) is 9.47. The Kier molecular flexibility index (Phi) is 4.32. The first kappa shape index (κ1) is 14.8. The third kappa shape index (κ3) is 2.80. The third-order valence-electron chi connectivity index (χ3n) is 3.72. The van der Waals surface area contributed by atoms with Crippen LogP contribution < -0.4 is 10.6 Å². The van der Waals surface area contributed by atoms with E-state index in [0.29, 0.717) is 17.8 Å². The number of piperidine rings is 1. The molecule has 2 atom stereocenters. The number of hydrogen-bond donors (Lipinski definition) is 2. The molecule has 0 aromatic heterocycles. The van der Waals surface area contributed by atoms with Crippen LogP contribution >= 0.6 is 15.9 Å². The number of nitrogens with two attached hydrogens (primary N) is 1. The van der Waals surface area contributed by atoms with E-state index in [4.69, 9.17) is 5.73 Å². The first-order valence-electron chi connectivity index (χ1n) is 6.50. The molecule has 1 saturated heterocycles. The first-order valence-corrected chi connectivity index (χ1v) is 7.30. The fourth-order valence-electron chi connectivity index (χ4n) is 2.79. The minimum absolute atomic E-state index is 0.0287. The van der Waals surface area contributed by atoms with Crippen LogP contribution in [0.1, 0.15) is 30.1 Å². The summed E-state index contributed by atoms with van der Waals surface area (Å²) in [4.78, 5) is 24.9. The lowest BCUT2D eigenvalue weighted by molar-refractivity contribution is -0.140. The molecule has 1 aliphatic heterocycles. The van der Waals surface area contributed by atoms with E-state index in [9.17, 15) is 14.7 Å². The number of carboxylic acids is 1. The molecule has 1 aliphatic rings. The Balaban J connectivity index is 2.50. The molecular formula is C14H17BrN2O3. The maximum atomic E-state index is 11.6. The molecule has 5 nitrogen and oxygen atoms in total. The highest BCUT2D eigenvalue weighted by Gasteiger charge is 2.35. The molecular weight excluding hydrogens is 324 g/mol. The standard InChI is InChI=1S/C14H17BrN2O3/c1-8-3-2-6-17(12(8)14(19)20)11-7-9(15)4-5-10(11)13(16)18/h4-5,7-8,12H,2-3,6H2,1H3,(H2,16,18)(H,19,20). The predicted octanol–water partition coefficient (Wildman–Crippen LogP) is 2.24. The van der Waals surface area contributed by atoms with Crippen molar-refractivity contribution >= 4 is 33.5 Å². The lowest BCUT2D eigenvalue weighted by atomic mass is 9.90. The summed E-state index contributed by atoms with van der Waals surface area (Å²) in [7, 11) is 0. The average molecular weight is 341 g/mol. The van der Waals surface area contributed by atoms with Gasteiger partial charge >= 0.3 is 5.97 Å². The zero-order chi connectivity index (χ0) is 14.9. The van der Waals surface area contributed by atoms with E-state index in [1.807, 2.05) is 6.92 Å². The summed E-state index contributed by atoms with van der Waals surface area (Å²) >= 11 is 3.36. The second-order valence-electron chi connectivity index (χ2n) is 5.12. The Labute approximate surface area is 125 Å². The van der Waals surface area contributed by atoms with E-state index in [2.05, 4.69) is 15.9 Å². The highest BCUT2D eigenvalue weighted by Crippen LogP contribution is 2.33. The second-order valence-corrected chi connectivity index (χ2v) is 6.04. The number of hydrogen-bond acceptors (Lipinski definition) is 3. The number of carboxylic acid groups (broad SMARTS) is 1. The van der Waals surface area contributed by atoms with Gasteiger partial charge in [-0.1, -0.05) is 22.9 Å². The Morgan fingerprint density at radius 3 is 2.75 bits per heavy atom. The maximum absolute atomic E-state index is 11.6. The van der Waals surface area contributed by atoms with E-state index in [1.54, 1.807) is 23.1 Å². The van der Waals surface area contributed by atoms with Gasteiger partial charge in [0.1, 0.15) is 6.04 Å². The van der Waals surface area contributed by atoms with E-state index in [-0.39, 0.29) is 5.92 Å². The molecule has 6 heteroatoms. The molecule has 2 unspecified atom stereocenters. The van der Waals surface area contributed by atoms with Crippen LogP contribution in [0.4, 0.5) is 5.69 Å². The number of amides is 1. The van der Waals surface area contributed by atoms with E-state index in [1.165, 1.54) is 0 Å². The SMILES string of the molecule is CC1CCCN(c2cc(Br)ccc2C(N)=O)C1C(=O)O. The second kappa shape index (κ2) is 5.83. The number of benzene rings is 1. The van der Waals surface area contributed by atoms with Crippen molar-refractivity contribution in [1.82, 2.24) is 0 Å². The predicted molar refractivity (Wildman–Crippen MR) is 79.8 cm³/mol. The van der Waals surface area contributed by atoms with Crippen molar-refractivity contribution < 1.29 is 14.7 Å². The van der Waals surface area contributed by atoms with E-state index < -0.39 is 17.9 Å². The van der Waals surface area contributed by atoms with Gasteiger partial charge in [0.2, 0.25) is 0 Å². The number of anilines is 1. The lowest BCUT2D eigenvalue weighted by Crippen LogP contribution is -2.50. The molecule has 2 rings (SSSR count). The van der Waals surface area contributed by atoms with Crippen LogP contribution in [0, 0.1) is 5.92 Å². The molecule has 20 heavy (non-hydrogen) atoms. The van der Waals surface area contributed by atoms with Crippen LogP contribution in [0.3, 0.4) is 0 Å². The van der Waals surface area contributed by atoms with Crippen molar-refractivity contribution in [3.8, 4) is 0 Å². The molecule has 1 aromatic rings. The van der Waals surface area contributed by atoms with Crippen molar-refractivity contribution in [2.45, 2.75) is 25.8 Å². The van der Waals surface area contributed by atoms with Crippen LogP contribution in [0.2, 0.25) is 0 Å². The average Bonchev–Trinajstić information content (AvgIpc) is 2.37. The molecule has 0 aliphatic carbocycles. The van der Waals surface area contributed by atoms with Crippen LogP contribution in [0.5, 0.6) is 0 Å². The summed E-state index contributed by atoms with van der Waals surface area (Å²) in [5.74, 6) is -1.39. The minimum Gasteiger partial charge on any atom is -0.480 e. The monoisotopic (exact) mass is 340 g/mol. The number of carbonyl (C=O) groups excluding carboxylic acids is 1. The summed E-state index contributed by atoms with van der Waals surface area (Å²) in [5.41, 5.74) is 6.34. The van der Waals surface area contributed by atoms with Crippen LogP contribution in [-0.4, -0.2) is 29.6 Å². The van der Waals surface area contributed by atoms with Gasteiger partial charge in [0.25, 0.3) is 5.91 Å².